The zero-order valence-corrected chi connectivity index (χ0v) is 8.60. The largest absolute Gasteiger partial charge is 0.327 e. The van der Waals surface area contributed by atoms with Crippen LogP contribution in [0.15, 0.2) is 18.2 Å². The van der Waals surface area contributed by atoms with Crippen LogP contribution in [0.1, 0.15) is 18.4 Å². The van der Waals surface area contributed by atoms with E-state index in [1.165, 1.54) is 18.9 Å². The molecule has 14 heavy (non-hydrogen) atoms. The molecular formula is C11H13ClFN. The maximum atomic E-state index is 13.4. The fraction of sp³-hybridized carbons (Fsp3) is 0.455. The Balaban J connectivity index is 2.14. The summed E-state index contributed by atoms with van der Waals surface area (Å²) in [6.07, 6.45) is 2.90. The summed E-state index contributed by atoms with van der Waals surface area (Å²) >= 11 is 5.90. The van der Waals surface area contributed by atoms with Crippen molar-refractivity contribution in [1.82, 2.24) is 0 Å². The average Bonchev–Trinajstić information content (AvgIpc) is 2.94. The Hall–Kier alpha value is -0.600. The molecule has 3 heteroatoms. The van der Waals surface area contributed by atoms with Crippen molar-refractivity contribution >= 4 is 11.6 Å². The molecule has 1 aromatic rings. The molecule has 0 amide bonds. The molecule has 0 heterocycles. The number of nitrogens with two attached hydrogens (primary N) is 1. The molecule has 0 aromatic heterocycles. The van der Waals surface area contributed by atoms with E-state index in [1.807, 2.05) is 0 Å². The van der Waals surface area contributed by atoms with Gasteiger partial charge in [0.2, 0.25) is 0 Å². The topological polar surface area (TPSA) is 26.0 Å². The Morgan fingerprint density at radius 1 is 1.50 bits per heavy atom. The van der Waals surface area contributed by atoms with Gasteiger partial charge in [0.15, 0.2) is 0 Å². The van der Waals surface area contributed by atoms with Crippen molar-refractivity contribution in [2.24, 2.45) is 11.7 Å². The van der Waals surface area contributed by atoms with Gasteiger partial charge in [-0.25, -0.2) is 4.39 Å². The van der Waals surface area contributed by atoms with Crippen LogP contribution in [0, 0.1) is 11.7 Å². The molecule has 2 rings (SSSR count). The number of hydrogen-bond donors (Lipinski definition) is 1. The summed E-state index contributed by atoms with van der Waals surface area (Å²) in [5.41, 5.74) is 6.49. The molecule has 1 unspecified atom stereocenters. The van der Waals surface area contributed by atoms with Gasteiger partial charge in [-0.15, -0.1) is 0 Å². The van der Waals surface area contributed by atoms with E-state index in [-0.39, 0.29) is 11.9 Å². The van der Waals surface area contributed by atoms with E-state index >= 15 is 0 Å². The molecule has 0 radical (unpaired) electrons. The molecule has 1 fully saturated rings. The van der Waals surface area contributed by atoms with Crippen LogP contribution in [-0.2, 0) is 6.42 Å². The van der Waals surface area contributed by atoms with Gasteiger partial charge in [0.05, 0.1) is 0 Å². The molecule has 0 saturated heterocycles. The fourth-order valence-electron chi connectivity index (χ4n) is 1.65. The summed E-state index contributed by atoms with van der Waals surface area (Å²) in [5, 5.41) is 0.487. The lowest BCUT2D eigenvalue weighted by molar-refractivity contribution is 0.555. The summed E-state index contributed by atoms with van der Waals surface area (Å²) in [4.78, 5) is 0. The summed E-state index contributed by atoms with van der Waals surface area (Å²) in [6, 6.07) is 4.81. The molecular weight excluding hydrogens is 201 g/mol. The third kappa shape index (κ3) is 2.07. The molecule has 1 aliphatic rings. The van der Waals surface area contributed by atoms with Crippen LogP contribution < -0.4 is 5.73 Å². The molecule has 76 valence electrons. The van der Waals surface area contributed by atoms with Crippen molar-refractivity contribution in [2.75, 3.05) is 0 Å². The normalized spacial score (nSPS) is 18.2. The zero-order chi connectivity index (χ0) is 10.1. The van der Waals surface area contributed by atoms with Crippen molar-refractivity contribution < 1.29 is 4.39 Å². The third-order valence-electron chi connectivity index (χ3n) is 2.73. The smallest absolute Gasteiger partial charge is 0.127 e. The molecule has 0 bridgehead atoms. The monoisotopic (exact) mass is 213 g/mol. The third-order valence-corrected chi connectivity index (χ3v) is 3.08. The van der Waals surface area contributed by atoms with Crippen LogP contribution in [0.25, 0.3) is 0 Å². The predicted octanol–water partition coefficient (Wildman–Crippen LogP) is 2.76. The van der Waals surface area contributed by atoms with Crippen LogP contribution >= 0.6 is 11.6 Å². The van der Waals surface area contributed by atoms with E-state index in [9.17, 15) is 4.39 Å². The second kappa shape index (κ2) is 3.87. The lowest BCUT2D eigenvalue weighted by Crippen LogP contribution is -2.25. The molecule has 0 aliphatic heterocycles. The summed E-state index contributed by atoms with van der Waals surface area (Å²) in [7, 11) is 0. The quantitative estimate of drug-likeness (QED) is 0.821. The predicted molar refractivity (Wildman–Crippen MR) is 55.8 cm³/mol. The van der Waals surface area contributed by atoms with E-state index in [4.69, 9.17) is 17.3 Å². The number of benzene rings is 1. The summed E-state index contributed by atoms with van der Waals surface area (Å²) in [5.74, 6) is 0.333. The van der Waals surface area contributed by atoms with E-state index in [1.54, 1.807) is 12.1 Å². The van der Waals surface area contributed by atoms with Gasteiger partial charge in [-0.1, -0.05) is 17.7 Å². The second-order valence-corrected chi connectivity index (χ2v) is 4.31. The summed E-state index contributed by atoms with van der Waals surface area (Å²) < 4.78 is 13.4. The number of halogens is 2. The molecule has 1 atom stereocenters. The van der Waals surface area contributed by atoms with Crippen LogP contribution in [0.4, 0.5) is 4.39 Å². The van der Waals surface area contributed by atoms with Gasteiger partial charge in [0.25, 0.3) is 0 Å². The van der Waals surface area contributed by atoms with Gasteiger partial charge in [-0.3, -0.25) is 0 Å². The molecule has 1 saturated carbocycles. The maximum Gasteiger partial charge on any atom is 0.127 e. The van der Waals surface area contributed by atoms with E-state index in [0.29, 0.717) is 22.9 Å². The van der Waals surface area contributed by atoms with Crippen molar-refractivity contribution in [3.63, 3.8) is 0 Å². The first-order valence-corrected chi connectivity index (χ1v) is 5.24. The Labute approximate surface area is 88.1 Å². The zero-order valence-electron chi connectivity index (χ0n) is 7.84. The van der Waals surface area contributed by atoms with Gasteiger partial charge in [0, 0.05) is 16.6 Å². The van der Waals surface area contributed by atoms with E-state index < -0.39 is 0 Å². The van der Waals surface area contributed by atoms with Crippen LogP contribution in [0.2, 0.25) is 5.02 Å². The molecule has 1 aliphatic carbocycles. The highest BCUT2D eigenvalue weighted by atomic mass is 35.5. The SMILES string of the molecule is NC(Cc1c(F)cccc1Cl)C1CC1. The number of hydrogen-bond acceptors (Lipinski definition) is 1. The van der Waals surface area contributed by atoms with Gasteiger partial charge < -0.3 is 5.73 Å². The van der Waals surface area contributed by atoms with Crippen molar-refractivity contribution in [3.8, 4) is 0 Å². The Bertz CT molecular complexity index is 316. The lowest BCUT2D eigenvalue weighted by atomic mass is 10.0. The highest BCUT2D eigenvalue weighted by Gasteiger charge is 2.29. The Morgan fingerprint density at radius 3 is 2.79 bits per heavy atom. The van der Waals surface area contributed by atoms with Gasteiger partial charge in [-0.2, -0.15) is 0 Å². The van der Waals surface area contributed by atoms with E-state index in [2.05, 4.69) is 0 Å². The molecule has 1 nitrogen and oxygen atoms in total. The first-order chi connectivity index (χ1) is 6.68. The fourth-order valence-corrected chi connectivity index (χ4v) is 1.89. The minimum atomic E-state index is -0.242. The first-order valence-electron chi connectivity index (χ1n) is 4.87. The number of rotatable bonds is 3. The first kappa shape index (κ1) is 9.94. The minimum absolute atomic E-state index is 0.0596. The van der Waals surface area contributed by atoms with E-state index in [0.717, 1.165) is 0 Å². The molecule has 2 N–H and O–H groups in total. The Kier molecular flexibility index (Phi) is 2.75. The highest BCUT2D eigenvalue weighted by molar-refractivity contribution is 6.31. The minimum Gasteiger partial charge on any atom is -0.327 e. The van der Waals surface area contributed by atoms with Crippen molar-refractivity contribution in [2.45, 2.75) is 25.3 Å². The van der Waals surface area contributed by atoms with Crippen LogP contribution in [-0.4, -0.2) is 6.04 Å². The average molecular weight is 214 g/mol. The molecule has 1 aromatic carbocycles. The van der Waals surface area contributed by atoms with Crippen molar-refractivity contribution in [3.05, 3.63) is 34.6 Å². The van der Waals surface area contributed by atoms with Gasteiger partial charge >= 0.3 is 0 Å². The maximum absolute atomic E-state index is 13.4. The van der Waals surface area contributed by atoms with Gasteiger partial charge in [-0.05, 0) is 37.3 Å². The molecule has 0 spiro atoms. The second-order valence-electron chi connectivity index (χ2n) is 3.91. The van der Waals surface area contributed by atoms with Crippen LogP contribution in [0.3, 0.4) is 0 Å². The van der Waals surface area contributed by atoms with Gasteiger partial charge in [0.1, 0.15) is 5.82 Å². The summed E-state index contributed by atoms with van der Waals surface area (Å²) in [6.45, 7) is 0. The highest BCUT2D eigenvalue weighted by Crippen LogP contribution is 2.34. The Morgan fingerprint density at radius 2 is 2.21 bits per heavy atom. The van der Waals surface area contributed by atoms with Crippen molar-refractivity contribution in [1.29, 1.82) is 0 Å². The lowest BCUT2D eigenvalue weighted by Gasteiger charge is -2.11. The van der Waals surface area contributed by atoms with Crippen LogP contribution in [0.5, 0.6) is 0 Å². The standard InChI is InChI=1S/C11H13ClFN/c12-9-2-1-3-10(13)8(9)6-11(14)7-4-5-7/h1-3,7,11H,4-6,14H2.